The van der Waals surface area contributed by atoms with E-state index in [1.165, 1.54) is 0 Å². The van der Waals surface area contributed by atoms with Crippen LogP contribution in [0.1, 0.15) is 12.6 Å². The van der Waals surface area contributed by atoms with E-state index in [-0.39, 0.29) is 0 Å². The second-order valence-electron chi connectivity index (χ2n) is 2.18. The fourth-order valence-corrected chi connectivity index (χ4v) is 0.971. The summed E-state index contributed by atoms with van der Waals surface area (Å²) in [6.07, 6.45) is 3.21. The first-order chi connectivity index (χ1) is 5.77. The van der Waals surface area contributed by atoms with Gasteiger partial charge in [0.25, 0.3) is 0 Å². The number of halogens is 1. The summed E-state index contributed by atoms with van der Waals surface area (Å²) in [7, 11) is 0. The number of aromatic nitrogens is 1. The van der Waals surface area contributed by atoms with Crippen LogP contribution >= 0.6 is 11.6 Å². The van der Waals surface area contributed by atoms with Gasteiger partial charge in [-0.1, -0.05) is 18.2 Å². The minimum Gasteiger partial charge on any atom is -0.492 e. The van der Waals surface area contributed by atoms with Crippen molar-refractivity contribution in [1.82, 2.24) is 4.98 Å². The second-order valence-corrected chi connectivity index (χ2v) is 2.58. The van der Waals surface area contributed by atoms with Crippen LogP contribution in [0.15, 0.2) is 18.8 Å². The van der Waals surface area contributed by atoms with Gasteiger partial charge in [-0.3, -0.25) is 4.98 Å². The van der Waals surface area contributed by atoms with Gasteiger partial charge in [-0.05, 0) is 13.0 Å². The molecule has 1 rings (SSSR count). The lowest BCUT2D eigenvalue weighted by atomic mass is 10.3. The van der Waals surface area contributed by atoms with Gasteiger partial charge >= 0.3 is 0 Å². The molecule has 1 aromatic rings. The van der Waals surface area contributed by atoms with Crippen LogP contribution in [0.5, 0.6) is 5.75 Å². The Morgan fingerprint density at radius 3 is 3.08 bits per heavy atom. The van der Waals surface area contributed by atoms with Gasteiger partial charge in [-0.2, -0.15) is 0 Å². The fraction of sp³-hybridized carbons (Fsp3) is 0.222. The van der Waals surface area contributed by atoms with Crippen molar-refractivity contribution in [2.24, 2.45) is 0 Å². The van der Waals surface area contributed by atoms with Gasteiger partial charge in [-0.15, -0.1) is 0 Å². The van der Waals surface area contributed by atoms with Crippen LogP contribution in [0.25, 0.3) is 6.08 Å². The highest BCUT2D eigenvalue weighted by Gasteiger charge is 2.01. The molecule has 0 spiro atoms. The Morgan fingerprint density at radius 2 is 2.50 bits per heavy atom. The maximum Gasteiger partial charge on any atom is 0.141 e. The molecule has 64 valence electrons. The topological polar surface area (TPSA) is 22.1 Å². The van der Waals surface area contributed by atoms with Gasteiger partial charge in [0.1, 0.15) is 10.8 Å². The van der Waals surface area contributed by atoms with Crippen molar-refractivity contribution in [3.05, 3.63) is 29.6 Å². The van der Waals surface area contributed by atoms with Crippen LogP contribution in [-0.2, 0) is 0 Å². The number of hydrogen-bond acceptors (Lipinski definition) is 2. The van der Waals surface area contributed by atoms with Crippen molar-refractivity contribution in [2.75, 3.05) is 6.61 Å². The van der Waals surface area contributed by atoms with E-state index in [9.17, 15) is 0 Å². The highest BCUT2D eigenvalue weighted by atomic mass is 35.5. The lowest BCUT2D eigenvalue weighted by molar-refractivity contribution is 0.340. The van der Waals surface area contributed by atoms with Gasteiger partial charge in [0.05, 0.1) is 12.3 Å². The monoisotopic (exact) mass is 183 g/mol. The number of pyridine rings is 1. The Bertz CT molecular complexity index is 286. The molecule has 0 saturated carbocycles. The van der Waals surface area contributed by atoms with E-state index in [0.717, 1.165) is 5.69 Å². The zero-order valence-electron chi connectivity index (χ0n) is 6.88. The van der Waals surface area contributed by atoms with Crippen LogP contribution in [0.4, 0.5) is 0 Å². The van der Waals surface area contributed by atoms with E-state index < -0.39 is 0 Å². The first-order valence-corrected chi connectivity index (χ1v) is 4.06. The second kappa shape index (κ2) is 4.12. The SMILES string of the molecule is C=Cc1cc(OCC)c(Cl)cn1. The third-order valence-electron chi connectivity index (χ3n) is 1.35. The van der Waals surface area contributed by atoms with Crippen molar-refractivity contribution in [3.63, 3.8) is 0 Å². The number of rotatable bonds is 3. The van der Waals surface area contributed by atoms with Crippen molar-refractivity contribution in [3.8, 4) is 5.75 Å². The van der Waals surface area contributed by atoms with E-state index in [1.807, 2.05) is 6.92 Å². The van der Waals surface area contributed by atoms with Crippen LogP contribution in [0.2, 0.25) is 5.02 Å². The third kappa shape index (κ3) is 1.98. The van der Waals surface area contributed by atoms with Gasteiger partial charge in [0, 0.05) is 12.3 Å². The molecular weight excluding hydrogens is 174 g/mol. The quantitative estimate of drug-likeness (QED) is 0.719. The molecule has 1 aromatic heterocycles. The van der Waals surface area contributed by atoms with Crippen LogP contribution < -0.4 is 4.74 Å². The van der Waals surface area contributed by atoms with E-state index >= 15 is 0 Å². The lowest BCUT2D eigenvalue weighted by Gasteiger charge is -2.04. The highest BCUT2D eigenvalue weighted by molar-refractivity contribution is 6.31. The summed E-state index contributed by atoms with van der Waals surface area (Å²) >= 11 is 5.81. The van der Waals surface area contributed by atoms with Crippen LogP contribution in [0.3, 0.4) is 0 Å². The predicted molar refractivity (Wildman–Crippen MR) is 50.5 cm³/mol. The minimum atomic E-state index is 0.530. The average Bonchev–Trinajstić information content (AvgIpc) is 2.09. The Labute approximate surface area is 76.8 Å². The van der Waals surface area contributed by atoms with E-state index in [0.29, 0.717) is 17.4 Å². The molecule has 12 heavy (non-hydrogen) atoms. The van der Waals surface area contributed by atoms with Crippen molar-refractivity contribution >= 4 is 17.7 Å². The highest BCUT2D eigenvalue weighted by Crippen LogP contribution is 2.23. The summed E-state index contributed by atoms with van der Waals surface area (Å²) in [6, 6.07) is 1.76. The van der Waals surface area contributed by atoms with Crippen molar-refractivity contribution in [2.45, 2.75) is 6.92 Å². The summed E-state index contributed by atoms with van der Waals surface area (Å²) in [5, 5.41) is 0.530. The molecule has 0 atom stereocenters. The molecule has 0 fully saturated rings. The molecule has 0 aliphatic carbocycles. The molecule has 0 aliphatic rings. The Hall–Kier alpha value is -1.02. The molecule has 1 heterocycles. The maximum absolute atomic E-state index is 5.81. The molecule has 0 radical (unpaired) electrons. The minimum absolute atomic E-state index is 0.530. The van der Waals surface area contributed by atoms with Gasteiger partial charge in [-0.25, -0.2) is 0 Å². The molecule has 2 nitrogen and oxygen atoms in total. The number of ether oxygens (including phenoxy) is 1. The Morgan fingerprint density at radius 1 is 1.75 bits per heavy atom. The molecule has 0 N–H and O–H groups in total. The molecule has 0 saturated heterocycles. The van der Waals surface area contributed by atoms with Crippen molar-refractivity contribution < 1.29 is 4.74 Å². The summed E-state index contributed by atoms with van der Waals surface area (Å²) in [6.45, 7) is 6.11. The maximum atomic E-state index is 5.81. The summed E-state index contributed by atoms with van der Waals surface area (Å²) in [5.74, 6) is 0.657. The molecule has 0 unspecified atom stereocenters. The summed E-state index contributed by atoms with van der Waals surface area (Å²) < 4.78 is 5.26. The Kier molecular flexibility index (Phi) is 3.11. The van der Waals surface area contributed by atoms with Crippen LogP contribution in [-0.4, -0.2) is 11.6 Å². The van der Waals surface area contributed by atoms with Gasteiger partial charge in [0.2, 0.25) is 0 Å². The molecule has 0 bridgehead atoms. The smallest absolute Gasteiger partial charge is 0.141 e. The summed E-state index contributed by atoms with van der Waals surface area (Å²) in [5.41, 5.74) is 0.767. The zero-order chi connectivity index (χ0) is 8.97. The van der Waals surface area contributed by atoms with E-state index in [1.54, 1.807) is 18.3 Å². The van der Waals surface area contributed by atoms with Crippen LogP contribution in [0, 0.1) is 0 Å². The largest absolute Gasteiger partial charge is 0.492 e. The fourth-order valence-electron chi connectivity index (χ4n) is 0.813. The van der Waals surface area contributed by atoms with E-state index in [2.05, 4.69) is 11.6 Å². The number of hydrogen-bond donors (Lipinski definition) is 0. The molecule has 0 aromatic carbocycles. The van der Waals surface area contributed by atoms with Gasteiger partial charge in [0.15, 0.2) is 0 Å². The normalized spacial score (nSPS) is 9.50. The summed E-state index contributed by atoms with van der Waals surface area (Å²) in [4.78, 5) is 4.01. The Balaban J connectivity index is 2.99. The predicted octanol–water partition coefficient (Wildman–Crippen LogP) is 2.78. The van der Waals surface area contributed by atoms with Crippen molar-refractivity contribution in [1.29, 1.82) is 0 Å². The molecule has 0 amide bonds. The average molecular weight is 184 g/mol. The first-order valence-electron chi connectivity index (χ1n) is 3.68. The zero-order valence-corrected chi connectivity index (χ0v) is 7.64. The third-order valence-corrected chi connectivity index (χ3v) is 1.63. The first kappa shape index (κ1) is 9.07. The molecule has 0 aliphatic heterocycles. The standard InChI is InChI=1S/C9H10ClNO/c1-3-7-5-9(12-4-2)8(10)6-11-7/h3,5-6H,1,4H2,2H3. The van der Waals surface area contributed by atoms with Gasteiger partial charge < -0.3 is 4.74 Å². The lowest BCUT2D eigenvalue weighted by Crippen LogP contribution is -1.93. The molecular formula is C9H10ClNO. The van der Waals surface area contributed by atoms with E-state index in [4.69, 9.17) is 16.3 Å². The number of nitrogens with zero attached hydrogens (tertiary/aromatic N) is 1. The molecule has 3 heteroatoms.